The van der Waals surface area contributed by atoms with Crippen LogP contribution < -0.4 is 0 Å². The minimum absolute atomic E-state index is 0.180. The van der Waals surface area contributed by atoms with Crippen LogP contribution in [0.1, 0.15) is 91.9 Å². The molecule has 0 bridgehead atoms. The van der Waals surface area contributed by atoms with Crippen LogP contribution in [0.25, 0.3) is 0 Å². The molecule has 21 heavy (non-hydrogen) atoms. The molecule has 2 unspecified atom stereocenters. The molecule has 0 aliphatic rings. The van der Waals surface area contributed by atoms with Gasteiger partial charge in [0.05, 0.1) is 12.2 Å². The second kappa shape index (κ2) is 12.6. The summed E-state index contributed by atoms with van der Waals surface area (Å²) in [4.78, 5) is 9.94. The van der Waals surface area contributed by atoms with E-state index in [1.54, 1.807) is 0 Å². The van der Waals surface area contributed by atoms with Crippen molar-refractivity contribution < 1.29 is 18.5 Å². The summed E-state index contributed by atoms with van der Waals surface area (Å²) in [6, 6.07) is 0. The summed E-state index contributed by atoms with van der Waals surface area (Å²) in [6.45, 7) is 8.25. The maximum Gasteiger partial charge on any atom is 0.472 e. The summed E-state index contributed by atoms with van der Waals surface area (Å²) >= 11 is 0. The Hall–Kier alpha value is 0.110. The Balaban J connectivity index is 4.25. The SMILES string of the molecule is CCCCCC(CC)OP(=O)(O)OC(CC)CCCCC. The largest absolute Gasteiger partial charge is 0.472 e. The van der Waals surface area contributed by atoms with Gasteiger partial charge in [0.25, 0.3) is 0 Å². The van der Waals surface area contributed by atoms with Gasteiger partial charge in [0.2, 0.25) is 0 Å². The van der Waals surface area contributed by atoms with Crippen molar-refractivity contribution in [3.05, 3.63) is 0 Å². The Morgan fingerprint density at radius 1 is 0.810 bits per heavy atom. The van der Waals surface area contributed by atoms with E-state index in [1.807, 2.05) is 13.8 Å². The van der Waals surface area contributed by atoms with Crippen LogP contribution >= 0.6 is 7.82 Å². The molecule has 2 atom stereocenters. The molecule has 0 saturated heterocycles. The van der Waals surface area contributed by atoms with Crippen LogP contribution in [0.4, 0.5) is 0 Å². The van der Waals surface area contributed by atoms with Crippen molar-refractivity contribution in [2.75, 3.05) is 0 Å². The average molecular weight is 322 g/mol. The lowest BCUT2D eigenvalue weighted by atomic mass is 10.1. The second-order valence-corrected chi connectivity index (χ2v) is 7.09. The minimum Gasteiger partial charge on any atom is -0.302 e. The van der Waals surface area contributed by atoms with Crippen LogP contribution in [0.3, 0.4) is 0 Å². The number of phosphoric acid groups is 1. The van der Waals surface area contributed by atoms with Crippen molar-refractivity contribution in [1.82, 2.24) is 0 Å². The van der Waals surface area contributed by atoms with Gasteiger partial charge < -0.3 is 4.89 Å². The van der Waals surface area contributed by atoms with Gasteiger partial charge in [-0.1, -0.05) is 66.2 Å². The predicted molar refractivity (Wildman–Crippen MR) is 88.4 cm³/mol. The Labute approximate surface area is 131 Å². The highest BCUT2D eigenvalue weighted by Crippen LogP contribution is 2.48. The van der Waals surface area contributed by atoms with Crippen LogP contribution in [0.5, 0.6) is 0 Å². The lowest BCUT2D eigenvalue weighted by Gasteiger charge is -2.23. The van der Waals surface area contributed by atoms with E-state index < -0.39 is 7.82 Å². The molecule has 0 rings (SSSR count). The summed E-state index contributed by atoms with van der Waals surface area (Å²) in [7, 11) is -3.94. The maximum absolute atomic E-state index is 12.1. The van der Waals surface area contributed by atoms with Gasteiger partial charge in [-0.15, -0.1) is 0 Å². The van der Waals surface area contributed by atoms with Gasteiger partial charge in [0.1, 0.15) is 0 Å². The van der Waals surface area contributed by atoms with Crippen LogP contribution in [0.2, 0.25) is 0 Å². The number of hydrogen-bond acceptors (Lipinski definition) is 3. The highest BCUT2D eigenvalue weighted by Gasteiger charge is 2.28. The van der Waals surface area contributed by atoms with Crippen LogP contribution in [-0.4, -0.2) is 17.1 Å². The number of rotatable bonds is 14. The van der Waals surface area contributed by atoms with Crippen LogP contribution in [0, 0.1) is 0 Å². The zero-order valence-electron chi connectivity index (χ0n) is 14.3. The second-order valence-electron chi connectivity index (χ2n) is 5.73. The van der Waals surface area contributed by atoms with Gasteiger partial charge in [0, 0.05) is 0 Å². The molecule has 0 saturated carbocycles. The average Bonchev–Trinajstić information content (AvgIpc) is 2.45. The van der Waals surface area contributed by atoms with E-state index in [-0.39, 0.29) is 12.2 Å². The highest BCUT2D eigenvalue weighted by molar-refractivity contribution is 7.47. The molecule has 0 aromatic carbocycles. The van der Waals surface area contributed by atoms with Gasteiger partial charge in [-0.05, 0) is 25.7 Å². The minimum atomic E-state index is -3.94. The van der Waals surface area contributed by atoms with Crippen LogP contribution in [0.15, 0.2) is 0 Å². The molecule has 0 radical (unpaired) electrons. The topological polar surface area (TPSA) is 55.8 Å². The molecule has 128 valence electrons. The molecule has 0 aromatic heterocycles. The Morgan fingerprint density at radius 3 is 1.48 bits per heavy atom. The molecular formula is C16H35O4P. The van der Waals surface area contributed by atoms with Crippen molar-refractivity contribution in [3.63, 3.8) is 0 Å². The summed E-state index contributed by atoms with van der Waals surface area (Å²) in [5.41, 5.74) is 0. The van der Waals surface area contributed by atoms with Crippen molar-refractivity contribution in [3.8, 4) is 0 Å². The zero-order chi connectivity index (χ0) is 16.1. The molecule has 0 aromatic rings. The van der Waals surface area contributed by atoms with Crippen molar-refractivity contribution >= 4 is 7.82 Å². The normalized spacial score (nSPS) is 17.4. The third-order valence-corrected chi connectivity index (χ3v) is 4.86. The summed E-state index contributed by atoms with van der Waals surface area (Å²) < 4.78 is 22.9. The fourth-order valence-electron chi connectivity index (χ4n) is 2.31. The lowest BCUT2D eigenvalue weighted by molar-refractivity contribution is 0.0628. The van der Waals surface area contributed by atoms with E-state index in [4.69, 9.17) is 9.05 Å². The number of phosphoric ester groups is 1. The van der Waals surface area contributed by atoms with E-state index >= 15 is 0 Å². The molecule has 0 amide bonds. The molecule has 0 heterocycles. The molecule has 4 nitrogen and oxygen atoms in total. The fraction of sp³-hybridized carbons (Fsp3) is 1.00. The van der Waals surface area contributed by atoms with E-state index in [2.05, 4.69) is 13.8 Å². The van der Waals surface area contributed by atoms with E-state index in [0.29, 0.717) is 0 Å². The van der Waals surface area contributed by atoms with Gasteiger partial charge in [-0.25, -0.2) is 4.57 Å². The van der Waals surface area contributed by atoms with Crippen molar-refractivity contribution in [2.24, 2.45) is 0 Å². The first-order valence-electron chi connectivity index (χ1n) is 8.68. The molecule has 1 N–H and O–H groups in total. The van der Waals surface area contributed by atoms with E-state index in [9.17, 15) is 9.46 Å². The highest BCUT2D eigenvalue weighted by atomic mass is 31.2. The molecule has 0 aliphatic carbocycles. The third kappa shape index (κ3) is 11.3. The first kappa shape index (κ1) is 21.1. The molecular weight excluding hydrogens is 287 g/mol. The Kier molecular flexibility index (Phi) is 12.7. The Morgan fingerprint density at radius 2 is 1.19 bits per heavy atom. The number of hydrogen-bond donors (Lipinski definition) is 1. The van der Waals surface area contributed by atoms with Crippen LogP contribution in [-0.2, 0) is 13.6 Å². The molecule has 5 heteroatoms. The maximum atomic E-state index is 12.1. The van der Waals surface area contributed by atoms with Crippen molar-refractivity contribution in [1.29, 1.82) is 0 Å². The fourth-order valence-corrected chi connectivity index (χ4v) is 3.62. The molecule has 0 aliphatic heterocycles. The van der Waals surface area contributed by atoms with E-state index in [1.165, 1.54) is 0 Å². The summed E-state index contributed by atoms with van der Waals surface area (Å²) in [5.74, 6) is 0. The van der Waals surface area contributed by atoms with Gasteiger partial charge in [0.15, 0.2) is 0 Å². The predicted octanol–water partition coefficient (Wildman–Crippen LogP) is 5.84. The quantitative estimate of drug-likeness (QED) is 0.322. The van der Waals surface area contributed by atoms with Gasteiger partial charge in [-0.2, -0.15) is 0 Å². The summed E-state index contributed by atoms with van der Waals surface area (Å²) in [5, 5.41) is 0. The molecule has 0 fully saturated rings. The smallest absolute Gasteiger partial charge is 0.302 e. The zero-order valence-corrected chi connectivity index (χ0v) is 15.2. The van der Waals surface area contributed by atoms with Crippen molar-refractivity contribution in [2.45, 2.75) is 104 Å². The summed E-state index contributed by atoms with van der Waals surface area (Å²) in [6.07, 6.45) is 9.37. The van der Waals surface area contributed by atoms with Gasteiger partial charge >= 0.3 is 7.82 Å². The van der Waals surface area contributed by atoms with E-state index in [0.717, 1.165) is 64.2 Å². The standard InChI is InChI=1S/C16H35O4P/c1-5-9-11-13-15(7-3)19-21(17,18)20-16(8-4)14-12-10-6-2/h15-16H,5-14H2,1-4H3,(H,17,18). The monoisotopic (exact) mass is 322 g/mol. The van der Waals surface area contributed by atoms with Gasteiger partial charge in [-0.3, -0.25) is 9.05 Å². The Bertz CT molecular complexity index is 259. The molecule has 0 spiro atoms. The number of unbranched alkanes of at least 4 members (excludes halogenated alkanes) is 4. The third-order valence-electron chi connectivity index (χ3n) is 3.73. The first-order chi connectivity index (χ1) is 9.99. The first-order valence-corrected chi connectivity index (χ1v) is 10.2. The lowest BCUT2D eigenvalue weighted by Crippen LogP contribution is -2.16.